The predicted molar refractivity (Wildman–Crippen MR) is 130 cm³/mol. The number of pyridine rings is 1. The van der Waals surface area contributed by atoms with Gasteiger partial charge in [0.1, 0.15) is 6.61 Å². The lowest BCUT2D eigenvalue weighted by Crippen LogP contribution is -2.36. The molecule has 6 heteroatoms. The first kappa shape index (κ1) is 21.1. The van der Waals surface area contributed by atoms with Crippen molar-refractivity contribution < 1.29 is 14.2 Å². The molecule has 0 atom stereocenters. The lowest BCUT2D eigenvalue weighted by molar-refractivity contribution is 0.122. The summed E-state index contributed by atoms with van der Waals surface area (Å²) in [5.41, 5.74) is 4.51. The minimum Gasteiger partial charge on any atom is -0.493 e. The maximum atomic E-state index is 13.0. The number of aromatic amines is 1. The molecule has 0 amide bonds. The molecule has 0 unspecified atom stereocenters. The molecule has 2 heterocycles. The predicted octanol–water partition coefficient (Wildman–Crippen LogP) is 4.62. The maximum Gasteiger partial charge on any atom is 0.190 e. The molecule has 1 aliphatic heterocycles. The van der Waals surface area contributed by atoms with Crippen LogP contribution in [0.4, 0.5) is 5.69 Å². The topological polar surface area (TPSA) is 63.8 Å². The van der Waals surface area contributed by atoms with Gasteiger partial charge in [-0.05, 0) is 42.0 Å². The van der Waals surface area contributed by atoms with Gasteiger partial charge in [0, 0.05) is 47.0 Å². The molecule has 1 saturated heterocycles. The Hall–Kier alpha value is -3.77. The van der Waals surface area contributed by atoms with Crippen LogP contribution in [0.5, 0.6) is 11.5 Å². The monoisotopic (exact) mass is 442 g/mol. The van der Waals surface area contributed by atoms with E-state index in [9.17, 15) is 4.79 Å². The first-order valence-electron chi connectivity index (χ1n) is 11.1. The quantitative estimate of drug-likeness (QED) is 0.472. The minimum absolute atomic E-state index is 0.0165. The van der Waals surface area contributed by atoms with Crippen molar-refractivity contribution in [3.05, 3.63) is 88.6 Å². The Balaban J connectivity index is 1.42. The van der Waals surface area contributed by atoms with Crippen LogP contribution in [0.1, 0.15) is 5.56 Å². The Kier molecular flexibility index (Phi) is 6.00. The van der Waals surface area contributed by atoms with Crippen molar-refractivity contribution in [2.75, 3.05) is 38.3 Å². The molecule has 1 N–H and O–H groups in total. The number of H-pyrrole nitrogens is 1. The number of nitrogens with zero attached hydrogens (tertiary/aromatic N) is 1. The summed E-state index contributed by atoms with van der Waals surface area (Å²) in [6.07, 6.45) is 0. The Labute approximate surface area is 192 Å². The number of hydrogen-bond donors (Lipinski definition) is 1. The van der Waals surface area contributed by atoms with Gasteiger partial charge in [-0.3, -0.25) is 4.79 Å². The number of ether oxygens (including phenoxy) is 3. The van der Waals surface area contributed by atoms with Gasteiger partial charge >= 0.3 is 0 Å². The molecule has 4 aromatic rings. The molecule has 6 nitrogen and oxygen atoms in total. The van der Waals surface area contributed by atoms with Crippen molar-refractivity contribution in [2.24, 2.45) is 0 Å². The SMILES string of the molecule is COc1cc(-c2cc(=O)c3cc(N4CCOCC4)ccc3[nH]2)ccc1OCc1ccccc1. The number of hydrogen-bond acceptors (Lipinski definition) is 5. The Morgan fingerprint density at radius 1 is 0.939 bits per heavy atom. The molecular weight excluding hydrogens is 416 g/mol. The van der Waals surface area contributed by atoms with Gasteiger partial charge < -0.3 is 24.1 Å². The molecule has 33 heavy (non-hydrogen) atoms. The molecule has 0 saturated carbocycles. The van der Waals surface area contributed by atoms with Crippen molar-refractivity contribution in [1.29, 1.82) is 0 Å². The fraction of sp³-hybridized carbons (Fsp3) is 0.222. The van der Waals surface area contributed by atoms with E-state index in [1.165, 1.54) is 0 Å². The van der Waals surface area contributed by atoms with E-state index in [1.54, 1.807) is 13.2 Å². The molecule has 0 aliphatic carbocycles. The number of morpholine rings is 1. The minimum atomic E-state index is -0.0165. The Morgan fingerprint density at radius 3 is 2.55 bits per heavy atom. The van der Waals surface area contributed by atoms with Gasteiger partial charge in [-0.1, -0.05) is 30.3 Å². The van der Waals surface area contributed by atoms with E-state index in [2.05, 4.69) is 16.0 Å². The number of aromatic nitrogens is 1. The number of benzene rings is 3. The van der Waals surface area contributed by atoms with Crippen LogP contribution in [0.3, 0.4) is 0 Å². The average molecular weight is 443 g/mol. The fourth-order valence-corrected chi connectivity index (χ4v) is 4.10. The molecule has 1 fully saturated rings. The zero-order valence-electron chi connectivity index (χ0n) is 18.5. The zero-order valence-corrected chi connectivity index (χ0v) is 18.5. The Bertz CT molecular complexity index is 1310. The number of methoxy groups -OCH3 is 1. The third-order valence-corrected chi connectivity index (χ3v) is 5.90. The van der Waals surface area contributed by atoms with Crippen molar-refractivity contribution in [3.8, 4) is 22.8 Å². The summed E-state index contributed by atoms with van der Waals surface area (Å²) in [5, 5.41) is 0.678. The average Bonchev–Trinajstić information content (AvgIpc) is 2.88. The maximum absolute atomic E-state index is 13.0. The van der Waals surface area contributed by atoms with Gasteiger partial charge in [0.2, 0.25) is 0 Å². The summed E-state index contributed by atoms with van der Waals surface area (Å²) < 4.78 is 17.0. The van der Waals surface area contributed by atoms with Gasteiger partial charge in [0.05, 0.1) is 20.3 Å². The second-order valence-electron chi connectivity index (χ2n) is 8.02. The van der Waals surface area contributed by atoms with Crippen LogP contribution in [0.2, 0.25) is 0 Å². The van der Waals surface area contributed by atoms with Crippen LogP contribution < -0.4 is 19.8 Å². The van der Waals surface area contributed by atoms with Crippen molar-refractivity contribution in [1.82, 2.24) is 4.98 Å². The van der Waals surface area contributed by atoms with E-state index >= 15 is 0 Å². The van der Waals surface area contributed by atoms with E-state index in [0.29, 0.717) is 36.7 Å². The highest BCUT2D eigenvalue weighted by Gasteiger charge is 2.14. The van der Waals surface area contributed by atoms with Crippen molar-refractivity contribution in [3.63, 3.8) is 0 Å². The molecule has 0 bridgehead atoms. The van der Waals surface area contributed by atoms with Gasteiger partial charge in [0.15, 0.2) is 16.9 Å². The lowest BCUT2D eigenvalue weighted by atomic mass is 10.1. The summed E-state index contributed by atoms with van der Waals surface area (Å²) in [7, 11) is 1.62. The second-order valence-corrected chi connectivity index (χ2v) is 8.02. The number of rotatable bonds is 6. The van der Waals surface area contributed by atoms with Crippen molar-refractivity contribution in [2.45, 2.75) is 6.61 Å². The second kappa shape index (κ2) is 9.38. The summed E-state index contributed by atoms with van der Waals surface area (Å²) in [5.74, 6) is 1.27. The Morgan fingerprint density at radius 2 is 1.76 bits per heavy atom. The van der Waals surface area contributed by atoms with Crippen LogP contribution in [0, 0.1) is 0 Å². The number of fused-ring (bicyclic) bond motifs is 1. The first-order chi connectivity index (χ1) is 16.2. The highest BCUT2D eigenvalue weighted by Crippen LogP contribution is 2.33. The van der Waals surface area contributed by atoms with Gasteiger partial charge in [-0.25, -0.2) is 0 Å². The molecule has 5 rings (SSSR count). The van der Waals surface area contributed by atoms with E-state index in [1.807, 2.05) is 60.7 Å². The van der Waals surface area contributed by atoms with E-state index in [4.69, 9.17) is 14.2 Å². The molecular formula is C27H26N2O4. The van der Waals surface area contributed by atoms with Gasteiger partial charge in [-0.2, -0.15) is 0 Å². The first-order valence-corrected chi connectivity index (χ1v) is 11.1. The molecule has 0 spiro atoms. The van der Waals surface area contributed by atoms with Crippen LogP contribution in [0.25, 0.3) is 22.2 Å². The normalized spacial score (nSPS) is 13.8. The van der Waals surface area contributed by atoms with Crippen LogP contribution >= 0.6 is 0 Å². The largest absolute Gasteiger partial charge is 0.493 e. The number of anilines is 1. The number of nitrogens with one attached hydrogen (secondary N) is 1. The van der Waals surface area contributed by atoms with Gasteiger partial charge in [-0.15, -0.1) is 0 Å². The van der Waals surface area contributed by atoms with Crippen LogP contribution in [-0.2, 0) is 11.3 Å². The standard InChI is InChI=1S/C27H26N2O4/c1-31-27-15-20(7-10-26(27)33-18-19-5-3-2-4-6-19)24-17-25(30)22-16-21(8-9-23(22)28-24)29-11-13-32-14-12-29/h2-10,15-17H,11-14,18H2,1H3,(H,28,30). The molecule has 168 valence electrons. The van der Waals surface area contributed by atoms with E-state index in [0.717, 1.165) is 41.1 Å². The van der Waals surface area contributed by atoms with E-state index in [-0.39, 0.29) is 5.43 Å². The van der Waals surface area contributed by atoms with Crippen LogP contribution in [-0.4, -0.2) is 38.4 Å². The summed E-state index contributed by atoms with van der Waals surface area (Å²) >= 11 is 0. The molecule has 0 radical (unpaired) electrons. The van der Waals surface area contributed by atoms with E-state index < -0.39 is 0 Å². The summed E-state index contributed by atoms with van der Waals surface area (Å²) in [4.78, 5) is 18.6. The highest BCUT2D eigenvalue weighted by molar-refractivity contribution is 5.85. The summed E-state index contributed by atoms with van der Waals surface area (Å²) in [6, 6.07) is 23.3. The highest BCUT2D eigenvalue weighted by atomic mass is 16.5. The fourth-order valence-electron chi connectivity index (χ4n) is 4.10. The smallest absolute Gasteiger partial charge is 0.190 e. The molecule has 1 aliphatic rings. The van der Waals surface area contributed by atoms with Crippen molar-refractivity contribution >= 4 is 16.6 Å². The van der Waals surface area contributed by atoms with Crippen LogP contribution in [0.15, 0.2) is 77.6 Å². The van der Waals surface area contributed by atoms with Gasteiger partial charge in [0.25, 0.3) is 0 Å². The molecule has 1 aromatic heterocycles. The zero-order chi connectivity index (χ0) is 22.6. The summed E-state index contributed by atoms with van der Waals surface area (Å²) in [6.45, 7) is 3.54. The third kappa shape index (κ3) is 4.56. The molecule has 3 aromatic carbocycles. The lowest BCUT2D eigenvalue weighted by Gasteiger charge is -2.29. The third-order valence-electron chi connectivity index (χ3n) is 5.90.